The Balaban J connectivity index is 2.59. The second-order valence-electron chi connectivity index (χ2n) is 4.83. The van der Waals surface area contributed by atoms with E-state index in [4.69, 9.17) is 0 Å². The molecule has 0 radical (unpaired) electrons. The van der Waals surface area contributed by atoms with Crippen molar-refractivity contribution < 1.29 is 39.6 Å². The number of halogens is 6. The third-order valence-corrected chi connectivity index (χ3v) is 4.30. The van der Waals surface area contributed by atoms with Crippen LogP contribution in [0, 0.1) is 0 Å². The quantitative estimate of drug-likeness (QED) is 0.794. The van der Waals surface area contributed by atoms with E-state index in [0.717, 1.165) is 19.1 Å². The van der Waals surface area contributed by atoms with Crippen LogP contribution in [0.4, 0.5) is 26.3 Å². The second-order valence-corrected chi connectivity index (χ2v) is 6.52. The summed E-state index contributed by atoms with van der Waals surface area (Å²) in [6.45, 7) is 0.911. The Hall–Kier alpha value is -2.64. The highest BCUT2D eigenvalue weighted by molar-refractivity contribution is 7.90. The van der Waals surface area contributed by atoms with Gasteiger partial charge in [-0.3, -0.25) is 9.36 Å². The van der Waals surface area contributed by atoms with E-state index in [9.17, 15) is 39.6 Å². The summed E-state index contributed by atoms with van der Waals surface area (Å²) in [6, 6.07) is 2.87. The molecule has 2 rings (SSSR count). The van der Waals surface area contributed by atoms with E-state index in [1.54, 1.807) is 4.72 Å². The summed E-state index contributed by atoms with van der Waals surface area (Å²) in [4.78, 5) is 10.3. The van der Waals surface area contributed by atoms with Gasteiger partial charge in [-0.2, -0.15) is 26.3 Å². The standard InChI is InChI=1S/C12H8F6N4O3S/c1-6(23)21-26(24,25)8-4-2-7(3-5-8)22-9(11(13,14)15)19-20-10(22)12(16,17)18/h2-5H,1H3,(H,21,23). The molecular formula is C12H8F6N4O3S. The van der Waals surface area contributed by atoms with Crippen molar-refractivity contribution in [3.63, 3.8) is 0 Å². The molecule has 0 aliphatic carbocycles. The number of hydrogen-bond donors (Lipinski definition) is 1. The number of benzene rings is 1. The Morgan fingerprint density at radius 3 is 1.73 bits per heavy atom. The average molecular weight is 402 g/mol. The maximum atomic E-state index is 12.9. The molecule has 26 heavy (non-hydrogen) atoms. The first kappa shape index (κ1) is 19.7. The van der Waals surface area contributed by atoms with Crippen molar-refractivity contribution in [2.45, 2.75) is 24.2 Å². The molecule has 0 unspecified atom stereocenters. The second kappa shape index (κ2) is 6.26. The first-order chi connectivity index (χ1) is 11.7. The molecule has 0 bridgehead atoms. The van der Waals surface area contributed by atoms with Crippen LogP contribution in [-0.2, 0) is 27.2 Å². The van der Waals surface area contributed by atoms with Crippen molar-refractivity contribution >= 4 is 15.9 Å². The lowest BCUT2D eigenvalue weighted by Crippen LogP contribution is -2.28. The Morgan fingerprint density at radius 1 is 0.962 bits per heavy atom. The first-order valence-electron chi connectivity index (χ1n) is 6.47. The van der Waals surface area contributed by atoms with Gasteiger partial charge < -0.3 is 0 Å². The maximum Gasteiger partial charge on any atom is 0.452 e. The molecule has 0 saturated carbocycles. The fraction of sp³-hybridized carbons (Fsp3) is 0.250. The smallest absolute Gasteiger partial charge is 0.274 e. The van der Waals surface area contributed by atoms with E-state index in [-0.39, 0.29) is 4.57 Å². The van der Waals surface area contributed by atoms with Gasteiger partial charge in [0.2, 0.25) is 17.6 Å². The van der Waals surface area contributed by atoms with Crippen LogP contribution in [0.3, 0.4) is 0 Å². The highest BCUT2D eigenvalue weighted by Gasteiger charge is 2.45. The minimum absolute atomic E-state index is 0.283. The van der Waals surface area contributed by atoms with E-state index < -0.39 is 50.5 Å². The van der Waals surface area contributed by atoms with Crippen LogP contribution in [0.15, 0.2) is 29.2 Å². The van der Waals surface area contributed by atoms with Crippen LogP contribution >= 0.6 is 0 Å². The van der Waals surface area contributed by atoms with Crippen LogP contribution in [-0.4, -0.2) is 29.1 Å². The molecule has 0 aliphatic heterocycles. The van der Waals surface area contributed by atoms with E-state index >= 15 is 0 Å². The van der Waals surface area contributed by atoms with Crippen LogP contribution in [0.1, 0.15) is 18.6 Å². The Kier molecular flexibility index (Phi) is 4.74. The van der Waals surface area contributed by atoms with Crippen LogP contribution in [0.5, 0.6) is 0 Å². The monoisotopic (exact) mass is 402 g/mol. The third kappa shape index (κ3) is 3.95. The Morgan fingerprint density at radius 2 is 1.38 bits per heavy atom. The summed E-state index contributed by atoms with van der Waals surface area (Å²) in [7, 11) is -4.31. The average Bonchev–Trinajstić information content (AvgIpc) is 2.91. The summed E-state index contributed by atoms with van der Waals surface area (Å²) in [5.41, 5.74) is -0.670. The van der Waals surface area contributed by atoms with Gasteiger partial charge in [0.15, 0.2) is 0 Å². The van der Waals surface area contributed by atoms with E-state index in [2.05, 4.69) is 10.2 Å². The highest BCUT2D eigenvalue weighted by atomic mass is 32.2. The molecule has 1 N–H and O–H groups in total. The number of carbonyl (C=O) groups is 1. The summed E-state index contributed by atoms with van der Waals surface area (Å²) in [5, 5.41) is 5.07. The molecule has 0 spiro atoms. The largest absolute Gasteiger partial charge is 0.452 e. The van der Waals surface area contributed by atoms with Crippen molar-refractivity contribution in [3.05, 3.63) is 35.9 Å². The molecule has 0 atom stereocenters. The van der Waals surface area contributed by atoms with Gasteiger partial charge in [0.1, 0.15) is 0 Å². The Bertz CT molecular complexity index is 900. The lowest BCUT2D eigenvalue weighted by Gasteiger charge is -2.14. The molecule has 1 aromatic carbocycles. The number of sulfonamides is 1. The molecule has 1 aromatic heterocycles. The lowest BCUT2D eigenvalue weighted by atomic mass is 10.3. The van der Waals surface area contributed by atoms with Gasteiger partial charge in [0, 0.05) is 12.6 Å². The number of hydrogen-bond acceptors (Lipinski definition) is 5. The molecule has 142 valence electrons. The molecule has 0 aliphatic rings. The van der Waals surface area contributed by atoms with Crippen molar-refractivity contribution in [1.29, 1.82) is 0 Å². The zero-order valence-corrected chi connectivity index (χ0v) is 13.4. The van der Waals surface area contributed by atoms with Crippen LogP contribution < -0.4 is 4.72 Å². The third-order valence-electron chi connectivity index (χ3n) is 2.85. The number of rotatable bonds is 3. The van der Waals surface area contributed by atoms with Crippen molar-refractivity contribution in [1.82, 2.24) is 19.5 Å². The van der Waals surface area contributed by atoms with Crippen molar-refractivity contribution in [2.24, 2.45) is 0 Å². The normalized spacial score (nSPS) is 12.9. The predicted octanol–water partition coefficient (Wildman–Crippen LogP) is 2.13. The molecular weight excluding hydrogens is 394 g/mol. The van der Waals surface area contributed by atoms with Crippen molar-refractivity contribution in [2.75, 3.05) is 0 Å². The van der Waals surface area contributed by atoms with Gasteiger partial charge in [-0.05, 0) is 24.3 Å². The van der Waals surface area contributed by atoms with Gasteiger partial charge in [-0.1, -0.05) is 0 Å². The van der Waals surface area contributed by atoms with Gasteiger partial charge in [-0.25, -0.2) is 13.1 Å². The maximum absolute atomic E-state index is 12.9. The number of carbonyl (C=O) groups excluding carboxylic acids is 1. The van der Waals surface area contributed by atoms with E-state index in [1.165, 1.54) is 0 Å². The molecule has 1 amide bonds. The molecule has 7 nitrogen and oxygen atoms in total. The first-order valence-corrected chi connectivity index (χ1v) is 7.95. The zero-order chi connectivity index (χ0) is 19.9. The fourth-order valence-electron chi connectivity index (χ4n) is 1.92. The number of nitrogens with one attached hydrogen (secondary N) is 1. The van der Waals surface area contributed by atoms with E-state index in [0.29, 0.717) is 12.1 Å². The SMILES string of the molecule is CC(=O)NS(=O)(=O)c1ccc(-n2c(C(F)(F)F)nnc2C(F)(F)F)cc1. The number of nitrogens with zero attached hydrogens (tertiary/aromatic N) is 3. The number of aromatic nitrogens is 3. The summed E-state index contributed by atoms with van der Waals surface area (Å²) >= 11 is 0. The predicted molar refractivity (Wildman–Crippen MR) is 72.4 cm³/mol. The number of alkyl halides is 6. The van der Waals surface area contributed by atoms with Gasteiger partial charge in [0.25, 0.3) is 10.0 Å². The summed E-state index contributed by atoms with van der Waals surface area (Å²) in [6.07, 6.45) is -10.5. The van der Waals surface area contributed by atoms with Gasteiger partial charge >= 0.3 is 12.4 Å². The van der Waals surface area contributed by atoms with Crippen LogP contribution in [0.2, 0.25) is 0 Å². The number of amides is 1. The minimum Gasteiger partial charge on any atom is -0.274 e. The van der Waals surface area contributed by atoms with Gasteiger partial charge in [0.05, 0.1) is 4.90 Å². The summed E-state index contributed by atoms with van der Waals surface area (Å²) in [5.74, 6) is -4.78. The van der Waals surface area contributed by atoms with E-state index in [1.807, 2.05) is 0 Å². The molecule has 2 aromatic rings. The van der Waals surface area contributed by atoms with Crippen LogP contribution in [0.25, 0.3) is 5.69 Å². The fourth-order valence-corrected chi connectivity index (χ4v) is 2.91. The summed E-state index contributed by atoms with van der Waals surface area (Å²) < 4.78 is 102. The lowest BCUT2D eigenvalue weighted by molar-refractivity contribution is -0.153. The Labute approximate surface area is 141 Å². The molecule has 0 saturated heterocycles. The minimum atomic E-state index is -5.24. The molecule has 1 heterocycles. The topological polar surface area (TPSA) is 94.0 Å². The zero-order valence-electron chi connectivity index (χ0n) is 12.6. The highest BCUT2D eigenvalue weighted by Crippen LogP contribution is 2.36. The van der Waals surface area contributed by atoms with Crippen molar-refractivity contribution in [3.8, 4) is 5.69 Å². The molecule has 0 fully saturated rings. The molecule has 14 heteroatoms. The van der Waals surface area contributed by atoms with Gasteiger partial charge in [-0.15, -0.1) is 10.2 Å².